The van der Waals surface area contributed by atoms with Crippen molar-refractivity contribution < 1.29 is 10.0 Å². The summed E-state index contributed by atoms with van der Waals surface area (Å²) in [5.74, 6) is 0.394. The van der Waals surface area contributed by atoms with Crippen LogP contribution in [0, 0.1) is 17.3 Å². The number of aryl methyl sites for hydroxylation is 1. The molecule has 1 heterocycles. The number of amides is 1. The van der Waals surface area contributed by atoms with Crippen LogP contribution in [0.4, 0.5) is 5.69 Å². The Morgan fingerprint density at radius 3 is 2.70 bits per heavy atom. The number of hydrogen-bond acceptors (Lipinski definition) is 4. The van der Waals surface area contributed by atoms with Crippen LogP contribution in [-0.2, 0) is 17.8 Å². The molecule has 0 aliphatic heterocycles. The molecule has 0 spiro atoms. The zero-order chi connectivity index (χ0) is 23.8. The van der Waals surface area contributed by atoms with Gasteiger partial charge in [-0.25, -0.2) is 5.48 Å². The Hall–Kier alpha value is -3.12. The number of aromatic nitrogens is 2. The summed E-state index contributed by atoms with van der Waals surface area (Å²) in [7, 11) is 0. The predicted molar refractivity (Wildman–Crippen MR) is 133 cm³/mol. The third-order valence-electron chi connectivity index (χ3n) is 7.05. The number of hydrogen-bond donors (Lipinski definition) is 3. The highest BCUT2D eigenvalue weighted by Gasteiger charge is 2.39. The lowest BCUT2D eigenvalue weighted by Crippen LogP contribution is -2.36. The van der Waals surface area contributed by atoms with E-state index in [9.17, 15) is 4.79 Å². The lowest BCUT2D eigenvalue weighted by atomic mass is 9.61. The summed E-state index contributed by atoms with van der Waals surface area (Å²) in [4.78, 5) is 11.2. The van der Waals surface area contributed by atoms with Crippen molar-refractivity contribution in [2.24, 2.45) is 17.3 Å². The van der Waals surface area contributed by atoms with Crippen molar-refractivity contribution in [3.8, 4) is 0 Å². The summed E-state index contributed by atoms with van der Waals surface area (Å²) >= 11 is 0. The Morgan fingerprint density at radius 2 is 2.06 bits per heavy atom. The number of carbonyl (C=O) groups is 1. The first-order valence-corrected chi connectivity index (χ1v) is 11.6. The molecule has 176 valence electrons. The number of nitrogens with zero attached hydrogens (tertiary/aromatic N) is 2. The molecule has 1 aromatic heterocycles. The molecular weight excluding hydrogens is 412 g/mol. The molecule has 0 saturated heterocycles. The van der Waals surface area contributed by atoms with Gasteiger partial charge in [0.2, 0.25) is 5.91 Å². The van der Waals surface area contributed by atoms with Gasteiger partial charge in [-0.1, -0.05) is 49.4 Å². The molecule has 0 radical (unpaired) electrons. The quantitative estimate of drug-likeness (QED) is 0.252. The number of rotatable bonds is 11. The van der Waals surface area contributed by atoms with Crippen molar-refractivity contribution in [1.29, 1.82) is 0 Å². The first-order valence-electron chi connectivity index (χ1n) is 11.6. The molecule has 1 aromatic carbocycles. The van der Waals surface area contributed by atoms with E-state index in [4.69, 9.17) is 5.21 Å². The van der Waals surface area contributed by atoms with Crippen LogP contribution in [0.3, 0.4) is 0 Å². The van der Waals surface area contributed by atoms with Crippen molar-refractivity contribution in [2.75, 3.05) is 11.9 Å². The van der Waals surface area contributed by atoms with Crippen LogP contribution in [-0.4, -0.2) is 27.4 Å². The van der Waals surface area contributed by atoms with Crippen molar-refractivity contribution in [1.82, 2.24) is 15.3 Å². The Bertz CT molecular complexity index is 965. The van der Waals surface area contributed by atoms with Gasteiger partial charge in [-0.2, -0.15) is 5.10 Å². The molecule has 6 heteroatoms. The van der Waals surface area contributed by atoms with Gasteiger partial charge >= 0.3 is 0 Å². The van der Waals surface area contributed by atoms with E-state index in [0.717, 1.165) is 43.6 Å². The average Bonchev–Trinajstić information content (AvgIpc) is 3.34. The minimum atomic E-state index is -0.376. The lowest BCUT2D eigenvalue weighted by molar-refractivity contribution is -0.129. The van der Waals surface area contributed by atoms with Crippen molar-refractivity contribution in [3.63, 3.8) is 0 Å². The van der Waals surface area contributed by atoms with E-state index in [2.05, 4.69) is 43.2 Å². The van der Waals surface area contributed by atoms with Gasteiger partial charge in [-0.3, -0.25) is 14.7 Å². The molecule has 6 nitrogen and oxygen atoms in total. The summed E-state index contributed by atoms with van der Waals surface area (Å²) in [5, 5.41) is 16.4. The summed E-state index contributed by atoms with van der Waals surface area (Å²) < 4.78 is 1.94. The van der Waals surface area contributed by atoms with E-state index in [0.29, 0.717) is 18.3 Å². The topological polar surface area (TPSA) is 79.2 Å². The SMILES string of the molecule is C=C[C@]1(C)CC[C@@H](C(=C)CNc2ccc(CCC(=O)NO)cc2)C[C@H]1C(=C)Cn1cccn1. The third-order valence-corrected chi connectivity index (χ3v) is 7.05. The molecule has 33 heavy (non-hydrogen) atoms. The summed E-state index contributed by atoms with van der Waals surface area (Å²) in [6.45, 7) is 16.7. The number of allylic oxidation sites excluding steroid dienone is 2. The lowest BCUT2D eigenvalue weighted by Gasteiger charge is -2.44. The fourth-order valence-corrected chi connectivity index (χ4v) is 4.75. The van der Waals surface area contributed by atoms with Crippen LogP contribution in [0.2, 0.25) is 0 Å². The van der Waals surface area contributed by atoms with Crippen molar-refractivity contribution in [2.45, 2.75) is 45.6 Å². The monoisotopic (exact) mass is 448 g/mol. The molecule has 1 saturated carbocycles. The Kier molecular flexibility index (Phi) is 8.28. The van der Waals surface area contributed by atoms with E-state index in [1.54, 1.807) is 11.7 Å². The molecule has 1 aliphatic carbocycles. The highest BCUT2D eigenvalue weighted by atomic mass is 16.5. The summed E-state index contributed by atoms with van der Waals surface area (Å²) in [6.07, 6.45) is 9.93. The number of carbonyl (C=O) groups excluding carboxylic acids is 1. The van der Waals surface area contributed by atoms with Crippen LogP contribution >= 0.6 is 0 Å². The van der Waals surface area contributed by atoms with E-state index in [1.807, 2.05) is 41.2 Å². The second kappa shape index (κ2) is 11.1. The smallest absolute Gasteiger partial charge is 0.243 e. The van der Waals surface area contributed by atoms with Crippen LogP contribution in [0.1, 0.15) is 38.2 Å². The molecule has 3 rings (SSSR count). The standard InChI is InChI=1S/C27H36N4O2/c1-5-27(4)14-13-23(17-25(27)21(3)19-31-16-6-15-29-31)20(2)18-28-24-10-7-22(8-11-24)9-12-26(32)30-33/h5-8,10-11,15-16,23,25,28,33H,1-3,9,12-14,17-19H2,4H3,(H,30,32)/t23-,25+,27-/m1/s1. The zero-order valence-corrected chi connectivity index (χ0v) is 19.6. The maximum Gasteiger partial charge on any atom is 0.243 e. The first kappa shape index (κ1) is 24.5. The van der Waals surface area contributed by atoms with Gasteiger partial charge in [0.25, 0.3) is 0 Å². The van der Waals surface area contributed by atoms with Crippen LogP contribution in [0.25, 0.3) is 0 Å². The van der Waals surface area contributed by atoms with Gasteiger partial charge < -0.3 is 5.32 Å². The summed E-state index contributed by atoms with van der Waals surface area (Å²) in [6, 6.07) is 9.98. The van der Waals surface area contributed by atoms with E-state index >= 15 is 0 Å². The Balaban J connectivity index is 1.55. The first-order chi connectivity index (χ1) is 15.8. The Labute approximate surface area is 197 Å². The van der Waals surface area contributed by atoms with E-state index in [1.165, 1.54) is 11.1 Å². The van der Waals surface area contributed by atoms with Gasteiger partial charge in [-0.05, 0) is 66.7 Å². The zero-order valence-electron chi connectivity index (χ0n) is 19.6. The fourth-order valence-electron chi connectivity index (χ4n) is 4.75. The second-order valence-electron chi connectivity index (χ2n) is 9.34. The Morgan fingerprint density at radius 1 is 1.30 bits per heavy atom. The molecule has 1 aliphatic rings. The molecule has 2 aromatic rings. The highest BCUT2D eigenvalue weighted by Crippen LogP contribution is 2.49. The fraction of sp³-hybridized carbons (Fsp3) is 0.407. The van der Waals surface area contributed by atoms with Crippen LogP contribution in [0.5, 0.6) is 0 Å². The largest absolute Gasteiger partial charge is 0.381 e. The van der Waals surface area contributed by atoms with Gasteiger partial charge in [0.1, 0.15) is 0 Å². The van der Waals surface area contributed by atoms with Gasteiger partial charge in [0, 0.05) is 31.0 Å². The van der Waals surface area contributed by atoms with Gasteiger partial charge in [-0.15, -0.1) is 6.58 Å². The molecule has 3 atom stereocenters. The molecule has 1 amide bonds. The normalized spacial score (nSPS) is 22.4. The third kappa shape index (κ3) is 6.45. The number of hydroxylamine groups is 1. The van der Waals surface area contributed by atoms with Crippen LogP contribution < -0.4 is 10.8 Å². The molecular formula is C27H36N4O2. The minimum absolute atomic E-state index is 0.0389. The highest BCUT2D eigenvalue weighted by molar-refractivity contribution is 5.74. The van der Waals surface area contributed by atoms with Crippen LogP contribution in [0.15, 0.2) is 79.7 Å². The number of nitrogens with one attached hydrogen (secondary N) is 2. The van der Waals surface area contributed by atoms with Crippen molar-refractivity contribution >= 4 is 11.6 Å². The average molecular weight is 449 g/mol. The predicted octanol–water partition coefficient (Wildman–Crippen LogP) is 5.15. The molecule has 1 fully saturated rings. The second-order valence-corrected chi connectivity index (χ2v) is 9.34. The maximum atomic E-state index is 11.2. The van der Waals surface area contributed by atoms with Gasteiger partial charge in [0.15, 0.2) is 0 Å². The molecule has 0 bridgehead atoms. The van der Waals surface area contributed by atoms with Gasteiger partial charge in [0.05, 0.1) is 6.54 Å². The number of benzene rings is 1. The minimum Gasteiger partial charge on any atom is -0.381 e. The molecule has 3 N–H and O–H groups in total. The van der Waals surface area contributed by atoms with E-state index in [-0.39, 0.29) is 17.7 Å². The van der Waals surface area contributed by atoms with E-state index < -0.39 is 0 Å². The number of anilines is 1. The maximum absolute atomic E-state index is 11.2. The molecule has 0 unspecified atom stereocenters. The van der Waals surface area contributed by atoms with Crippen molar-refractivity contribution in [3.05, 3.63) is 85.2 Å². The summed E-state index contributed by atoms with van der Waals surface area (Å²) in [5.41, 5.74) is 6.18.